The van der Waals surface area contributed by atoms with E-state index in [0.717, 1.165) is 22.2 Å². The van der Waals surface area contributed by atoms with Crippen LogP contribution in [0.25, 0.3) is 10.9 Å². The van der Waals surface area contributed by atoms with Gasteiger partial charge >= 0.3 is 0 Å². The number of para-hydroxylation sites is 3. The van der Waals surface area contributed by atoms with Crippen LogP contribution in [0.15, 0.2) is 54.7 Å². The fourth-order valence-electron chi connectivity index (χ4n) is 2.89. The van der Waals surface area contributed by atoms with E-state index in [1.807, 2.05) is 49.6 Å². The van der Waals surface area contributed by atoms with Crippen LogP contribution in [0.2, 0.25) is 0 Å². The first-order chi connectivity index (χ1) is 11.1. The van der Waals surface area contributed by atoms with Gasteiger partial charge in [0.1, 0.15) is 5.75 Å². The third kappa shape index (κ3) is 2.80. The van der Waals surface area contributed by atoms with E-state index in [-0.39, 0.29) is 5.91 Å². The molecule has 1 heterocycles. The summed E-state index contributed by atoms with van der Waals surface area (Å²) in [5, 5.41) is 1.12. The normalized spacial score (nSPS) is 10.7. The Morgan fingerprint density at radius 3 is 2.61 bits per heavy atom. The Morgan fingerprint density at radius 1 is 1.13 bits per heavy atom. The molecule has 0 fully saturated rings. The molecule has 0 bridgehead atoms. The molecule has 0 N–H and O–H groups in total. The molecule has 0 unspecified atom stereocenters. The minimum atomic E-state index is 0.0332. The second kappa shape index (κ2) is 6.16. The fourth-order valence-corrected chi connectivity index (χ4v) is 2.89. The summed E-state index contributed by atoms with van der Waals surface area (Å²) in [5.41, 5.74) is 2.95. The highest BCUT2D eigenvalue weighted by Crippen LogP contribution is 2.28. The van der Waals surface area contributed by atoms with Crippen LogP contribution in [-0.4, -0.2) is 24.6 Å². The smallest absolute Gasteiger partial charge is 0.231 e. The van der Waals surface area contributed by atoms with Gasteiger partial charge in [-0.3, -0.25) is 4.79 Å². The van der Waals surface area contributed by atoms with Crippen molar-refractivity contribution in [2.75, 3.05) is 19.1 Å². The number of carbonyl (C=O) groups excluding carboxylic acids is 1. The molecule has 0 aliphatic heterocycles. The average Bonchev–Trinajstić information content (AvgIpc) is 2.90. The number of methoxy groups -OCH3 is 1. The standard InChI is InChI=1S/C19H20N2O2/c1-20-13-14(15-8-4-5-9-16(15)20)12-19(22)21(2)17-10-6-7-11-18(17)23-3/h4-11,13H,12H2,1-3H3. The number of fused-ring (bicyclic) bond motifs is 1. The van der Waals surface area contributed by atoms with Crippen molar-refractivity contribution >= 4 is 22.5 Å². The molecule has 0 radical (unpaired) electrons. The van der Waals surface area contributed by atoms with Crippen molar-refractivity contribution in [1.29, 1.82) is 0 Å². The van der Waals surface area contributed by atoms with Crippen LogP contribution >= 0.6 is 0 Å². The molecule has 0 aliphatic rings. The third-order valence-electron chi connectivity index (χ3n) is 4.14. The zero-order valence-corrected chi connectivity index (χ0v) is 13.6. The molecule has 0 saturated heterocycles. The van der Waals surface area contributed by atoms with Gasteiger partial charge in [-0.05, 0) is 23.8 Å². The lowest BCUT2D eigenvalue weighted by molar-refractivity contribution is -0.117. The van der Waals surface area contributed by atoms with Crippen molar-refractivity contribution in [1.82, 2.24) is 4.57 Å². The monoisotopic (exact) mass is 308 g/mol. The topological polar surface area (TPSA) is 34.5 Å². The largest absolute Gasteiger partial charge is 0.495 e. The third-order valence-corrected chi connectivity index (χ3v) is 4.14. The number of likely N-dealkylation sites (N-methyl/N-ethyl adjacent to an activating group) is 1. The second-order valence-corrected chi connectivity index (χ2v) is 5.58. The lowest BCUT2D eigenvalue weighted by Gasteiger charge is -2.19. The molecule has 0 spiro atoms. The number of aryl methyl sites for hydroxylation is 1. The van der Waals surface area contributed by atoms with Gasteiger partial charge in [0.25, 0.3) is 0 Å². The van der Waals surface area contributed by atoms with E-state index in [1.165, 1.54) is 0 Å². The maximum atomic E-state index is 12.7. The maximum absolute atomic E-state index is 12.7. The molecule has 1 aromatic heterocycles. The lowest BCUT2D eigenvalue weighted by Crippen LogP contribution is -2.28. The van der Waals surface area contributed by atoms with Gasteiger partial charge in [0.05, 0.1) is 19.2 Å². The van der Waals surface area contributed by atoms with Gasteiger partial charge < -0.3 is 14.2 Å². The van der Waals surface area contributed by atoms with Crippen LogP contribution in [0.4, 0.5) is 5.69 Å². The molecular weight excluding hydrogens is 288 g/mol. The van der Waals surface area contributed by atoms with Crippen molar-refractivity contribution < 1.29 is 9.53 Å². The Bertz CT molecular complexity index is 851. The maximum Gasteiger partial charge on any atom is 0.231 e. The van der Waals surface area contributed by atoms with Crippen molar-refractivity contribution in [3.63, 3.8) is 0 Å². The molecule has 1 amide bonds. The van der Waals surface area contributed by atoms with Gasteiger partial charge in [0.2, 0.25) is 5.91 Å². The number of aromatic nitrogens is 1. The summed E-state index contributed by atoms with van der Waals surface area (Å²) in [5.74, 6) is 0.729. The Balaban J connectivity index is 1.88. The van der Waals surface area contributed by atoms with E-state index in [9.17, 15) is 4.79 Å². The minimum absolute atomic E-state index is 0.0332. The van der Waals surface area contributed by atoms with Gasteiger partial charge in [-0.1, -0.05) is 30.3 Å². The van der Waals surface area contributed by atoms with Crippen molar-refractivity contribution in [3.8, 4) is 5.75 Å². The summed E-state index contributed by atoms with van der Waals surface area (Å²) < 4.78 is 7.40. The van der Waals surface area contributed by atoms with Crippen molar-refractivity contribution in [2.45, 2.75) is 6.42 Å². The number of amides is 1. The molecule has 118 valence electrons. The molecular formula is C19H20N2O2. The Morgan fingerprint density at radius 2 is 1.83 bits per heavy atom. The van der Waals surface area contributed by atoms with Crippen LogP contribution in [0, 0.1) is 0 Å². The summed E-state index contributed by atoms with van der Waals surface area (Å²) in [6.07, 6.45) is 2.38. The number of rotatable bonds is 4. The lowest BCUT2D eigenvalue weighted by atomic mass is 10.1. The Kier molecular flexibility index (Phi) is 4.06. The van der Waals surface area contributed by atoms with E-state index < -0.39 is 0 Å². The highest BCUT2D eigenvalue weighted by Gasteiger charge is 2.17. The van der Waals surface area contributed by atoms with Gasteiger partial charge in [-0.15, -0.1) is 0 Å². The number of ether oxygens (including phenoxy) is 1. The molecule has 23 heavy (non-hydrogen) atoms. The number of anilines is 1. The quantitative estimate of drug-likeness (QED) is 0.740. The first-order valence-corrected chi connectivity index (χ1v) is 7.54. The van der Waals surface area contributed by atoms with Crippen LogP contribution in [-0.2, 0) is 18.3 Å². The van der Waals surface area contributed by atoms with Crippen molar-refractivity contribution in [3.05, 3.63) is 60.3 Å². The Labute approximate surface area is 135 Å². The minimum Gasteiger partial charge on any atom is -0.495 e. The van der Waals surface area contributed by atoms with Gasteiger partial charge in [0, 0.05) is 31.2 Å². The number of nitrogens with zero attached hydrogens (tertiary/aromatic N) is 2. The highest BCUT2D eigenvalue weighted by molar-refractivity contribution is 5.98. The van der Waals surface area contributed by atoms with Gasteiger partial charge in [-0.2, -0.15) is 0 Å². The summed E-state index contributed by atoms with van der Waals surface area (Å²) in [7, 11) is 5.40. The summed E-state index contributed by atoms with van der Waals surface area (Å²) in [6, 6.07) is 15.7. The molecule has 3 rings (SSSR count). The predicted molar refractivity (Wildman–Crippen MR) is 93.0 cm³/mol. The van der Waals surface area contributed by atoms with E-state index >= 15 is 0 Å². The van der Waals surface area contributed by atoms with Gasteiger partial charge in [-0.25, -0.2) is 0 Å². The molecule has 4 heteroatoms. The molecule has 3 aromatic rings. The number of hydrogen-bond donors (Lipinski definition) is 0. The molecule has 0 saturated carbocycles. The Hall–Kier alpha value is -2.75. The van der Waals surface area contributed by atoms with E-state index in [1.54, 1.807) is 19.1 Å². The zero-order valence-electron chi connectivity index (χ0n) is 13.6. The molecule has 4 nitrogen and oxygen atoms in total. The fraction of sp³-hybridized carbons (Fsp3) is 0.211. The van der Waals surface area contributed by atoms with E-state index in [0.29, 0.717) is 12.2 Å². The number of benzene rings is 2. The first kappa shape index (κ1) is 15.2. The second-order valence-electron chi connectivity index (χ2n) is 5.58. The van der Waals surface area contributed by atoms with Gasteiger partial charge in [0.15, 0.2) is 0 Å². The summed E-state index contributed by atoms with van der Waals surface area (Å²) in [6.45, 7) is 0. The van der Waals surface area contributed by atoms with Crippen LogP contribution < -0.4 is 9.64 Å². The SMILES string of the molecule is COc1ccccc1N(C)C(=O)Cc1cn(C)c2ccccc12. The van der Waals surface area contributed by atoms with Crippen molar-refractivity contribution in [2.24, 2.45) is 7.05 Å². The number of carbonyl (C=O) groups is 1. The predicted octanol–water partition coefficient (Wildman–Crippen LogP) is 3.39. The summed E-state index contributed by atoms with van der Waals surface area (Å²) in [4.78, 5) is 14.3. The van der Waals surface area contributed by atoms with Crippen LogP contribution in [0.5, 0.6) is 5.75 Å². The zero-order chi connectivity index (χ0) is 16.4. The number of hydrogen-bond acceptors (Lipinski definition) is 2. The molecule has 0 atom stereocenters. The average molecular weight is 308 g/mol. The summed E-state index contributed by atoms with van der Waals surface area (Å²) >= 11 is 0. The van der Waals surface area contributed by atoms with E-state index in [4.69, 9.17) is 4.74 Å². The van der Waals surface area contributed by atoms with E-state index in [2.05, 4.69) is 16.7 Å². The van der Waals surface area contributed by atoms with Crippen LogP contribution in [0.3, 0.4) is 0 Å². The molecule has 2 aromatic carbocycles. The first-order valence-electron chi connectivity index (χ1n) is 7.54. The highest BCUT2D eigenvalue weighted by atomic mass is 16.5. The van der Waals surface area contributed by atoms with Crippen LogP contribution in [0.1, 0.15) is 5.56 Å². The molecule has 0 aliphatic carbocycles.